The predicted molar refractivity (Wildman–Crippen MR) is 67.3 cm³/mol. The van der Waals surface area contributed by atoms with Crippen LogP contribution in [0.4, 0.5) is 4.79 Å². The van der Waals surface area contributed by atoms with E-state index >= 15 is 0 Å². The van der Waals surface area contributed by atoms with Crippen LogP contribution in [0.15, 0.2) is 0 Å². The second-order valence-electron chi connectivity index (χ2n) is 5.44. The van der Waals surface area contributed by atoms with Crippen LogP contribution in [-0.4, -0.2) is 52.6 Å². The van der Waals surface area contributed by atoms with Gasteiger partial charge in [0.15, 0.2) is 0 Å². The number of hydrogen-bond donors (Lipinski definition) is 1. The standard InChI is InChI=1S/C13H22N2O3/c1-10-5-2-3-8-15(10)13(18)14-7-4-6-11(9-14)12(16)17/h10-11H,2-9H2,1H3,(H,16,17)/t10?,11-/m1/s1. The number of nitrogens with zero attached hydrogens (tertiary/aromatic N) is 2. The highest BCUT2D eigenvalue weighted by molar-refractivity contribution is 5.77. The molecule has 0 radical (unpaired) electrons. The molecule has 102 valence electrons. The van der Waals surface area contributed by atoms with E-state index < -0.39 is 5.97 Å². The molecule has 0 aromatic carbocycles. The van der Waals surface area contributed by atoms with Crippen LogP contribution >= 0.6 is 0 Å². The Kier molecular flexibility index (Phi) is 4.09. The van der Waals surface area contributed by atoms with E-state index in [1.807, 2.05) is 4.90 Å². The SMILES string of the molecule is CC1CCCCN1C(=O)N1CCC[C@@H](C(=O)O)C1. The fourth-order valence-corrected chi connectivity index (χ4v) is 2.92. The summed E-state index contributed by atoms with van der Waals surface area (Å²) >= 11 is 0. The van der Waals surface area contributed by atoms with Gasteiger partial charge < -0.3 is 14.9 Å². The zero-order valence-electron chi connectivity index (χ0n) is 11.0. The summed E-state index contributed by atoms with van der Waals surface area (Å²) in [5.41, 5.74) is 0. The Morgan fingerprint density at radius 2 is 1.89 bits per heavy atom. The van der Waals surface area contributed by atoms with Crippen molar-refractivity contribution in [3.8, 4) is 0 Å². The van der Waals surface area contributed by atoms with Gasteiger partial charge in [-0.15, -0.1) is 0 Å². The molecule has 2 aliphatic heterocycles. The third-order valence-electron chi connectivity index (χ3n) is 4.09. The second kappa shape index (κ2) is 5.59. The number of carboxylic acids is 1. The smallest absolute Gasteiger partial charge is 0.320 e. The van der Waals surface area contributed by atoms with Crippen LogP contribution in [0.3, 0.4) is 0 Å². The number of carbonyl (C=O) groups is 2. The largest absolute Gasteiger partial charge is 0.481 e. The molecule has 0 aromatic heterocycles. The van der Waals surface area contributed by atoms with Gasteiger partial charge in [0.25, 0.3) is 0 Å². The van der Waals surface area contributed by atoms with Gasteiger partial charge in [-0.25, -0.2) is 4.79 Å². The van der Waals surface area contributed by atoms with Gasteiger partial charge in [-0.1, -0.05) is 0 Å². The Labute approximate surface area is 108 Å². The molecule has 0 spiro atoms. The molecular weight excluding hydrogens is 232 g/mol. The summed E-state index contributed by atoms with van der Waals surface area (Å²) < 4.78 is 0. The molecular formula is C13H22N2O3. The van der Waals surface area contributed by atoms with E-state index in [0.717, 1.165) is 25.8 Å². The van der Waals surface area contributed by atoms with Gasteiger partial charge in [-0.2, -0.15) is 0 Å². The van der Waals surface area contributed by atoms with Gasteiger partial charge in [0.1, 0.15) is 0 Å². The minimum atomic E-state index is -0.779. The molecule has 2 amide bonds. The van der Waals surface area contributed by atoms with Crippen LogP contribution in [0.25, 0.3) is 0 Å². The lowest BCUT2D eigenvalue weighted by atomic mass is 9.98. The maximum absolute atomic E-state index is 12.4. The molecule has 18 heavy (non-hydrogen) atoms. The number of carboxylic acid groups (broad SMARTS) is 1. The molecule has 2 atom stereocenters. The number of piperidine rings is 2. The van der Waals surface area contributed by atoms with Crippen LogP contribution in [0.1, 0.15) is 39.0 Å². The highest BCUT2D eigenvalue weighted by Gasteiger charge is 2.32. The van der Waals surface area contributed by atoms with E-state index in [-0.39, 0.29) is 18.0 Å². The number of likely N-dealkylation sites (tertiary alicyclic amines) is 2. The Balaban J connectivity index is 1.97. The Morgan fingerprint density at radius 3 is 2.56 bits per heavy atom. The van der Waals surface area contributed by atoms with E-state index in [4.69, 9.17) is 5.11 Å². The van der Waals surface area contributed by atoms with Crippen LogP contribution in [0.2, 0.25) is 0 Å². The fraction of sp³-hybridized carbons (Fsp3) is 0.846. The molecule has 0 saturated carbocycles. The van der Waals surface area contributed by atoms with Crippen LogP contribution in [-0.2, 0) is 4.79 Å². The predicted octanol–water partition coefficient (Wildman–Crippen LogP) is 1.78. The first kappa shape index (κ1) is 13.2. The summed E-state index contributed by atoms with van der Waals surface area (Å²) in [7, 11) is 0. The van der Waals surface area contributed by atoms with Gasteiger partial charge >= 0.3 is 12.0 Å². The van der Waals surface area contributed by atoms with E-state index in [0.29, 0.717) is 19.5 Å². The zero-order valence-corrected chi connectivity index (χ0v) is 11.0. The Hall–Kier alpha value is -1.26. The lowest BCUT2D eigenvalue weighted by Gasteiger charge is -2.39. The number of rotatable bonds is 1. The van der Waals surface area contributed by atoms with Gasteiger partial charge in [-0.3, -0.25) is 4.79 Å². The normalized spacial score (nSPS) is 29.2. The molecule has 5 heteroatoms. The van der Waals surface area contributed by atoms with Gasteiger partial charge in [-0.05, 0) is 39.0 Å². The Morgan fingerprint density at radius 1 is 1.11 bits per heavy atom. The van der Waals surface area contributed by atoms with Crippen molar-refractivity contribution >= 4 is 12.0 Å². The molecule has 2 saturated heterocycles. The van der Waals surface area contributed by atoms with E-state index in [1.54, 1.807) is 4.90 Å². The van der Waals surface area contributed by atoms with E-state index in [9.17, 15) is 9.59 Å². The first-order valence-electron chi connectivity index (χ1n) is 6.88. The summed E-state index contributed by atoms with van der Waals surface area (Å²) in [5, 5.41) is 9.05. The van der Waals surface area contributed by atoms with Crippen LogP contribution in [0.5, 0.6) is 0 Å². The highest BCUT2D eigenvalue weighted by Crippen LogP contribution is 2.22. The summed E-state index contributed by atoms with van der Waals surface area (Å²) in [4.78, 5) is 27.0. The van der Waals surface area contributed by atoms with E-state index in [1.165, 1.54) is 6.42 Å². The van der Waals surface area contributed by atoms with Gasteiger partial charge in [0.2, 0.25) is 0 Å². The number of carbonyl (C=O) groups excluding carboxylic acids is 1. The number of hydrogen-bond acceptors (Lipinski definition) is 2. The lowest BCUT2D eigenvalue weighted by Crippen LogP contribution is -2.52. The first-order chi connectivity index (χ1) is 8.59. The topological polar surface area (TPSA) is 60.9 Å². The second-order valence-corrected chi connectivity index (χ2v) is 5.44. The van der Waals surface area contributed by atoms with E-state index in [2.05, 4.69) is 6.92 Å². The average Bonchev–Trinajstić information content (AvgIpc) is 2.38. The molecule has 2 heterocycles. The fourth-order valence-electron chi connectivity index (χ4n) is 2.92. The maximum atomic E-state index is 12.4. The molecule has 2 fully saturated rings. The quantitative estimate of drug-likeness (QED) is 0.776. The molecule has 2 aliphatic rings. The average molecular weight is 254 g/mol. The number of amides is 2. The van der Waals surface area contributed by atoms with Crippen molar-refractivity contribution in [1.82, 2.24) is 9.80 Å². The molecule has 1 unspecified atom stereocenters. The monoisotopic (exact) mass is 254 g/mol. The minimum Gasteiger partial charge on any atom is -0.481 e. The molecule has 2 rings (SSSR count). The molecule has 5 nitrogen and oxygen atoms in total. The summed E-state index contributed by atoms with van der Waals surface area (Å²) in [6.45, 7) is 3.97. The first-order valence-corrected chi connectivity index (χ1v) is 6.88. The molecule has 0 aliphatic carbocycles. The van der Waals surface area contributed by atoms with Crippen molar-refractivity contribution in [2.45, 2.75) is 45.1 Å². The van der Waals surface area contributed by atoms with Crippen molar-refractivity contribution in [2.75, 3.05) is 19.6 Å². The molecule has 1 N–H and O–H groups in total. The Bertz CT molecular complexity index is 332. The van der Waals surface area contributed by atoms with Crippen molar-refractivity contribution in [1.29, 1.82) is 0 Å². The summed E-state index contributed by atoms with van der Waals surface area (Å²) in [6.07, 6.45) is 4.79. The van der Waals surface area contributed by atoms with Crippen molar-refractivity contribution in [2.24, 2.45) is 5.92 Å². The number of urea groups is 1. The highest BCUT2D eigenvalue weighted by atomic mass is 16.4. The summed E-state index contributed by atoms with van der Waals surface area (Å²) in [5.74, 6) is -1.16. The lowest BCUT2D eigenvalue weighted by molar-refractivity contribution is -0.143. The van der Waals surface area contributed by atoms with Crippen molar-refractivity contribution in [3.63, 3.8) is 0 Å². The summed E-state index contributed by atoms with van der Waals surface area (Å²) in [6, 6.07) is 0.324. The van der Waals surface area contributed by atoms with Gasteiger partial charge in [0.05, 0.1) is 5.92 Å². The van der Waals surface area contributed by atoms with Crippen molar-refractivity contribution in [3.05, 3.63) is 0 Å². The third kappa shape index (κ3) is 2.76. The van der Waals surface area contributed by atoms with Crippen LogP contribution in [0, 0.1) is 5.92 Å². The minimum absolute atomic E-state index is 0.0353. The van der Waals surface area contributed by atoms with Crippen molar-refractivity contribution < 1.29 is 14.7 Å². The third-order valence-corrected chi connectivity index (χ3v) is 4.09. The zero-order chi connectivity index (χ0) is 13.1. The number of aliphatic carboxylic acids is 1. The van der Waals surface area contributed by atoms with Gasteiger partial charge in [0, 0.05) is 25.7 Å². The van der Waals surface area contributed by atoms with Crippen LogP contribution < -0.4 is 0 Å². The molecule has 0 bridgehead atoms. The molecule has 0 aromatic rings. The maximum Gasteiger partial charge on any atom is 0.320 e.